The van der Waals surface area contributed by atoms with E-state index in [1.54, 1.807) is 36.5 Å². The van der Waals surface area contributed by atoms with Gasteiger partial charge in [-0.15, -0.1) is 11.3 Å². The fraction of sp³-hybridized carbons (Fsp3) is 0.150. The molecule has 2 aromatic carbocycles. The van der Waals surface area contributed by atoms with Gasteiger partial charge in [-0.1, -0.05) is 13.8 Å². The van der Waals surface area contributed by atoms with Crippen LogP contribution in [0.3, 0.4) is 0 Å². The predicted molar refractivity (Wildman–Crippen MR) is 216 cm³/mol. The highest BCUT2D eigenvalue weighted by Crippen LogP contribution is 2.22. The second-order valence-corrected chi connectivity index (χ2v) is 13.2. The number of hydrogen-bond donors (Lipinski definition) is 5. The molecule has 0 atom stereocenters. The van der Waals surface area contributed by atoms with Gasteiger partial charge in [-0.3, -0.25) is 38.7 Å². The smallest absolute Gasteiger partial charge is 0.273 e. The molecule has 0 spiro atoms. The number of benzene rings is 2. The Bertz CT molecular complexity index is 2730. The third kappa shape index (κ3) is 8.66. The molecule has 0 aliphatic carbocycles. The Morgan fingerprint density at radius 1 is 0.768 bits per heavy atom. The van der Waals surface area contributed by atoms with Crippen molar-refractivity contribution in [2.45, 2.75) is 40.7 Å². The number of aryl methyl sites for hydroxylation is 1. The van der Waals surface area contributed by atoms with Gasteiger partial charge in [0, 0.05) is 34.4 Å². The molecule has 14 nitrogen and oxygen atoms in total. The fourth-order valence-corrected chi connectivity index (χ4v) is 6.30. The molecule has 56 heavy (non-hydrogen) atoms. The molecular weight excluding hydrogens is 738 g/mol. The first kappa shape index (κ1) is 38.6. The number of pyridine rings is 2. The number of aromatic amines is 3. The first-order valence-electron chi connectivity index (χ1n) is 17.6. The number of carbonyl (C=O) groups excluding carboxylic acids is 2. The van der Waals surface area contributed by atoms with Gasteiger partial charge in [0.05, 0.1) is 29.4 Å². The number of carbonyl (C=O) groups is 2. The van der Waals surface area contributed by atoms with E-state index in [1.807, 2.05) is 64.3 Å². The number of amides is 2. The highest BCUT2D eigenvalue weighted by Gasteiger charge is 2.16. The quantitative estimate of drug-likeness (QED) is 0.105. The third-order valence-electron chi connectivity index (χ3n) is 7.98. The van der Waals surface area contributed by atoms with Crippen LogP contribution in [0.1, 0.15) is 54.4 Å². The maximum Gasteiger partial charge on any atom is 0.273 e. The number of H-pyrrole nitrogens is 3. The standard InChI is InChI=1S/C20H19N5O3.C18H13FN4O2S.C2H6/c1-12(2)28-15-6-4-14(5-7-15)25-18(26)8-3-13-11-16(22-19(13)25)20(27)23-17-9-10-21-24-17;1-10-9-26-18(20-10)22-17(25)14-8-11-2-7-15(24)23(16(11)21-14)13-5-3-12(19)4-6-13;1-2/h3-12,22H,1-2H3,(H2,21,23,24,27);2-9,21H,1H3,(H,20,22,25);1-2H3. The highest BCUT2D eigenvalue weighted by atomic mass is 32.1. The SMILES string of the molecule is CC.CC(C)Oc1ccc(-n2c(=O)ccc3cc(C(=O)Nc4ccn[nH]4)[nH]c32)cc1.Cc1csc(NC(=O)c2cc3ccc(=O)n(-c4ccc(F)cc4)c3[nH]2)n1. The molecule has 6 heterocycles. The summed E-state index contributed by atoms with van der Waals surface area (Å²) < 4.78 is 21.8. The van der Waals surface area contributed by atoms with Crippen molar-refractivity contribution in [1.29, 1.82) is 0 Å². The Morgan fingerprint density at radius 2 is 1.30 bits per heavy atom. The number of rotatable bonds is 8. The number of thiazole rings is 1. The molecule has 286 valence electrons. The van der Waals surface area contributed by atoms with Gasteiger partial charge >= 0.3 is 0 Å². The average Bonchev–Trinajstić information content (AvgIpc) is 4.01. The van der Waals surface area contributed by atoms with E-state index in [0.717, 1.165) is 16.8 Å². The van der Waals surface area contributed by atoms with Gasteiger partial charge in [-0.25, -0.2) is 9.37 Å². The summed E-state index contributed by atoms with van der Waals surface area (Å²) in [6.07, 6.45) is 1.61. The molecule has 8 rings (SSSR count). The molecule has 0 unspecified atom stereocenters. The first-order valence-corrected chi connectivity index (χ1v) is 18.5. The fourth-order valence-electron chi connectivity index (χ4n) is 5.62. The second-order valence-electron chi connectivity index (χ2n) is 12.3. The van der Waals surface area contributed by atoms with Gasteiger partial charge in [-0.2, -0.15) is 5.10 Å². The Labute approximate surface area is 323 Å². The van der Waals surface area contributed by atoms with Crippen molar-refractivity contribution in [2.24, 2.45) is 0 Å². The highest BCUT2D eigenvalue weighted by molar-refractivity contribution is 7.13. The maximum absolute atomic E-state index is 13.2. The monoisotopic (exact) mass is 775 g/mol. The number of hydrogen-bond acceptors (Lipinski definition) is 8. The number of halogens is 1. The van der Waals surface area contributed by atoms with E-state index < -0.39 is 0 Å². The summed E-state index contributed by atoms with van der Waals surface area (Å²) in [4.78, 5) is 60.0. The van der Waals surface area contributed by atoms with Gasteiger partial charge in [0.1, 0.15) is 40.1 Å². The van der Waals surface area contributed by atoms with E-state index in [1.165, 1.54) is 56.9 Å². The Balaban J connectivity index is 0.000000182. The number of anilines is 2. The normalized spacial score (nSPS) is 10.8. The molecule has 8 aromatic rings. The van der Waals surface area contributed by atoms with Crippen molar-refractivity contribution in [1.82, 2.24) is 34.3 Å². The van der Waals surface area contributed by atoms with E-state index >= 15 is 0 Å². The Kier molecular flexibility index (Phi) is 11.7. The predicted octanol–water partition coefficient (Wildman–Crippen LogP) is 7.58. The Morgan fingerprint density at radius 3 is 1.79 bits per heavy atom. The third-order valence-corrected chi connectivity index (χ3v) is 8.86. The van der Waals surface area contributed by atoms with Crippen LogP contribution in [0.2, 0.25) is 0 Å². The lowest BCUT2D eigenvalue weighted by atomic mass is 10.2. The van der Waals surface area contributed by atoms with Crippen molar-refractivity contribution in [2.75, 3.05) is 10.6 Å². The largest absolute Gasteiger partial charge is 0.491 e. The zero-order valence-electron chi connectivity index (χ0n) is 31.0. The molecule has 0 saturated heterocycles. The summed E-state index contributed by atoms with van der Waals surface area (Å²) >= 11 is 1.34. The van der Waals surface area contributed by atoms with Crippen LogP contribution in [0.15, 0.2) is 112 Å². The van der Waals surface area contributed by atoms with Crippen LogP contribution in [0.25, 0.3) is 33.4 Å². The molecule has 0 bridgehead atoms. The van der Waals surface area contributed by atoms with E-state index in [0.29, 0.717) is 50.4 Å². The summed E-state index contributed by atoms with van der Waals surface area (Å²) in [5.74, 6) is 0.139. The van der Waals surface area contributed by atoms with E-state index in [-0.39, 0.29) is 34.9 Å². The summed E-state index contributed by atoms with van der Waals surface area (Å²) in [6.45, 7) is 9.75. The zero-order chi connectivity index (χ0) is 39.9. The lowest BCUT2D eigenvalue weighted by molar-refractivity contribution is 0.101. The van der Waals surface area contributed by atoms with Crippen LogP contribution in [0, 0.1) is 12.7 Å². The first-order chi connectivity index (χ1) is 27.0. The van der Waals surface area contributed by atoms with Gasteiger partial charge in [0.2, 0.25) is 0 Å². The van der Waals surface area contributed by atoms with Gasteiger partial charge in [0.15, 0.2) is 5.13 Å². The summed E-state index contributed by atoms with van der Waals surface area (Å²) in [5, 5.41) is 15.7. The molecule has 0 aliphatic rings. The number of aromatic nitrogens is 7. The lowest BCUT2D eigenvalue weighted by Gasteiger charge is -2.11. The number of ether oxygens (including phenoxy) is 1. The Hall–Kier alpha value is -7.07. The van der Waals surface area contributed by atoms with Crippen molar-refractivity contribution in [3.63, 3.8) is 0 Å². The zero-order valence-corrected chi connectivity index (χ0v) is 31.8. The molecule has 0 saturated carbocycles. The average molecular weight is 776 g/mol. The van der Waals surface area contributed by atoms with E-state index in [4.69, 9.17) is 4.74 Å². The van der Waals surface area contributed by atoms with Crippen molar-refractivity contribution in [3.05, 3.63) is 146 Å². The minimum absolute atomic E-state index is 0.0661. The number of nitrogens with zero attached hydrogens (tertiary/aromatic N) is 4. The molecule has 0 fully saturated rings. The van der Waals surface area contributed by atoms with E-state index in [2.05, 4.69) is 35.8 Å². The maximum atomic E-state index is 13.2. The summed E-state index contributed by atoms with van der Waals surface area (Å²) in [5.41, 5.74) is 3.16. The molecule has 5 N–H and O–H groups in total. The van der Waals surface area contributed by atoms with Crippen LogP contribution in [-0.2, 0) is 0 Å². The van der Waals surface area contributed by atoms with E-state index in [9.17, 15) is 23.6 Å². The topological polar surface area (TPSA) is 185 Å². The molecular formula is C40H38FN9O5S. The summed E-state index contributed by atoms with van der Waals surface area (Å²) in [7, 11) is 0. The molecule has 0 radical (unpaired) electrons. The van der Waals surface area contributed by atoms with Crippen molar-refractivity contribution in [3.8, 4) is 17.1 Å². The lowest BCUT2D eigenvalue weighted by Crippen LogP contribution is -2.18. The number of nitrogens with one attached hydrogen (secondary N) is 5. The molecule has 16 heteroatoms. The minimum atomic E-state index is -0.390. The molecule has 0 aliphatic heterocycles. The number of fused-ring (bicyclic) bond motifs is 2. The van der Waals surface area contributed by atoms with Crippen LogP contribution >= 0.6 is 11.3 Å². The van der Waals surface area contributed by atoms with Crippen molar-refractivity contribution < 1.29 is 18.7 Å². The molecule has 2 amide bonds. The molecule has 6 aromatic heterocycles. The van der Waals surface area contributed by atoms with Crippen molar-refractivity contribution >= 4 is 56.2 Å². The van der Waals surface area contributed by atoms with Gasteiger partial charge in [0.25, 0.3) is 22.9 Å². The van der Waals surface area contributed by atoms with Crippen LogP contribution < -0.4 is 26.5 Å². The van der Waals surface area contributed by atoms with Crippen LogP contribution in [0.4, 0.5) is 15.3 Å². The minimum Gasteiger partial charge on any atom is -0.491 e. The van der Waals surface area contributed by atoms with Crippen LogP contribution in [0.5, 0.6) is 5.75 Å². The van der Waals surface area contributed by atoms with Gasteiger partial charge in [-0.05, 0) is 93.6 Å². The van der Waals surface area contributed by atoms with Crippen LogP contribution in [-0.4, -0.2) is 52.2 Å². The second kappa shape index (κ2) is 16.9. The summed E-state index contributed by atoms with van der Waals surface area (Å²) in [6, 6.07) is 24.0. The van der Waals surface area contributed by atoms with Gasteiger partial charge < -0.3 is 20.0 Å².